The van der Waals surface area contributed by atoms with Crippen LogP contribution in [-0.4, -0.2) is 60.3 Å². The van der Waals surface area contributed by atoms with Gasteiger partial charge in [-0.3, -0.25) is 9.89 Å². The molecule has 1 N–H and O–H groups in total. The van der Waals surface area contributed by atoms with Crippen LogP contribution in [0.1, 0.15) is 23.6 Å². The van der Waals surface area contributed by atoms with Crippen molar-refractivity contribution in [2.24, 2.45) is 4.99 Å². The summed E-state index contributed by atoms with van der Waals surface area (Å²) >= 11 is 6.16. The van der Waals surface area contributed by atoms with E-state index in [1.807, 2.05) is 18.2 Å². The first-order chi connectivity index (χ1) is 14.1. The summed E-state index contributed by atoms with van der Waals surface area (Å²) in [5.74, 6) is 0. The fourth-order valence-corrected chi connectivity index (χ4v) is 4.12. The maximum Gasteiger partial charge on any atom is 0.0457 e. The average Bonchev–Trinajstić information content (AvgIpc) is 3.12. The van der Waals surface area contributed by atoms with Crippen LogP contribution in [0.15, 0.2) is 53.7 Å². The topological polar surface area (TPSA) is 34.6 Å². The number of hydrogen-bond acceptors (Lipinski definition) is 3. The Balaban J connectivity index is 1.39. The lowest BCUT2D eigenvalue weighted by atomic mass is 10.1. The number of likely N-dealkylation sites (N-methyl/N-ethyl adjacent to an activating group) is 1. The van der Waals surface area contributed by atoms with Crippen molar-refractivity contribution in [3.8, 4) is 0 Å². The van der Waals surface area contributed by atoms with Crippen LogP contribution >= 0.6 is 11.6 Å². The molecule has 0 saturated carbocycles. The monoisotopic (exact) mass is 408 g/mol. The average molecular weight is 409 g/mol. The zero-order chi connectivity index (χ0) is 20.2. The Morgan fingerprint density at radius 3 is 2.76 bits per heavy atom. The van der Waals surface area contributed by atoms with Gasteiger partial charge in [0.05, 0.1) is 0 Å². The number of rotatable bonds is 6. The number of H-pyrrole nitrogens is 1. The van der Waals surface area contributed by atoms with Crippen LogP contribution in [0.3, 0.4) is 0 Å². The van der Waals surface area contributed by atoms with Gasteiger partial charge >= 0.3 is 0 Å². The first kappa shape index (κ1) is 20.1. The van der Waals surface area contributed by atoms with Gasteiger partial charge in [0.1, 0.15) is 0 Å². The van der Waals surface area contributed by atoms with Crippen molar-refractivity contribution in [2.75, 3.05) is 39.8 Å². The Labute approximate surface area is 178 Å². The van der Waals surface area contributed by atoms with Crippen LogP contribution in [-0.2, 0) is 13.0 Å². The molecule has 1 aliphatic rings. The number of aromatic amines is 1. The highest BCUT2D eigenvalue weighted by Crippen LogP contribution is 2.22. The van der Waals surface area contributed by atoms with Gasteiger partial charge in [-0.25, -0.2) is 0 Å². The fraction of sp³-hybridized carbons (Fsp3) is 0.375. The predicted molar refractivity (Wildman–Crippen MR) is 123 cm³/mol. The summed E-state index contributed by atoms with van der Waals surface area (Å²) in [7, 11) is 2.20. The van der Waals surface area contributed by atoms with Crippen LogP contribution in [0, 0.1) is 0 Å². The summed E-state index contributed by atoms with van der Waals surface area (Å²) < 4.78 is 0. The summed E-state index contributed by atoms with van der Waals surface area (Å²) in [6.07, 6.45) is 2.97. The van der Waals surface area contributed by atoms with Crippen molar-refractivity contribution in [3.05, 3.63) is 70.4 Å². The van der Waals surface area contributed by atoms with Gasteiger partial charge in [-0.15, -0.1) is 0 Å². The largest absolute Gasteiger partial charge is 0.361 e. The first-order valence-electron chi connectivity index (χ1n) is 10.4. The van der Waals surface area contributed by atoms with Crippen molar-refractivity contribution >= 4 is 28.2 Å². The lowest BCUT2D eigenvalue weighted by Crippen LogP contribution is -2.43. The van der Waals surface area contributed by atoms with Crippen LogP contribution in [0.25, 0.3) is 10.9 Å². The zero-order valence-corrected chi connectivity index (χ0v) is 18.0. The van der Waals surface area contributed by atoms with Crippen molar-refractivity contribution in [1.82, 2.24) is 14.8 Å². The highest BCUT2D eigenvalue weighted by atomic mass is 35.5. The minimum Gasteiger partial charge on any atom is -0.361 e. The van der Waals surface area contributed by atoms with Crippen LogP contribution in [0.5, 0.6) is 0 Å². The van der Waals surface area contributed by atoms with Gasteiger partial charge in [-0.2, -0.15) is 0 Å². The van der Waals surface area contributed by atoms with E-state index in [4.69, 9.17) is 16.6 Å². The van der Waals surface area contributed by atoms with E-state index in [9.17, 15) is 0 Å². The molecule has 0 amide bonds. The second-order valence-corrected chi connectivity index (χ2v) is 8.44. The SMILES string of the molecule is CC(=NCCc1c[nH]c2ccc(Cl)cc12)c1cccc(CN2CCN(C)CC2)c1. The second-order valence-electron chi connectivity index (χ2n) is 8.00. The molecule has 0 unspecified atom stereocenters. The van der Waals surface area contributed by atoms with E-state index in [1.165, 1.54) is 22.1 Å². The van der Waals surface area contributed by atoms with Crippen LogP contribution in [0.2, 0.25) is 5.02 Å². The smallest absolute Gasteiger partial charge is 0.0457 e. The highest BCUT2D eigenvalue weighted by molar-refractivity contribution is 6.31. The van der Waals surface area contributed by atoms with Gasteiger partial charge in [-0.1, -0.05) is 29.8 Å². The summed E-state index contributed by atoms with van der Waals surface area (Å²) in [5, 5.41) is 1.97. The van der Waals surface area contributed by atoms with E-state index in [-0.39, 0.29) is 0 Å². The Morgan fingerprint density at radius 2 is 1.93 bits per heavy atom. The molecule has 0 atom stereocenters. The van der Waals surface area contributed by atoms with Crippen molar-refractivity contribution in [2.45, 2.75) is 19.9 Å². The number of nitrogens with zero attached hydrogens (tertiary/aromatic N) is 3. The molecular formula is C24H29ClN4. The Kier molecular flexibility index (Phi) is 6.34. The van der Waals surface area contributed by atoms with Crippen LogP contribution in [0.4, 0.5) is 0 Å². The van der Waals surface area contributed by atoms with Crippen LogP contribution < -0.4 is 0 Å². The summed E-state index contributed by atoms with van der Waals surface area (Å²) in [6, 6.07) is 14.8. The molecule has 0 aliphatic carbocycles. The highest BCUT2D eigenvalue weighted by Gasteiger charge is 2.14. The Bertz CT molecular complexity index is 999. The summed E-state index contributed by atoms with van der Waals surface area (Å²) in [4.78, 5) is 13.1. The molecule has 0 spiro atoms. The summed E-state index contributed by atoms with van der Waals surface area (Å²) in [5.41, 5.74) is 6.08. The van der Waals surface area contributed by atoms with E-state index >= 15 is 0 Å². The van der Waals surface area contributed by atoms with E-state index in [2.05, 4.69) is 59.2 Å². The third kappa shape index (κ3) is 5.08. The molecule has 2 aromatic carbocycles. The molecule has 1 fully saturated rings. The molecule has 2 heterocycles. The van der Waals surface area contributed by atoms with E-state index in [0.717, 1.165) is 61.9 Å². The molecule has 4 rings (SSSR count). The number of nitrogens with one attached hydrogen (secondary N) is 1. The number of aromatic nitrogens is 1. The minimum atomic E-state index is 0.772. The van der Waals surface area contributed by atoms with Crippen molar-refractivity contribution < 1.29 is 0 Å². The fourth-order valence-electron chi connectivity index (χ4n) is 3.95. The van der Waals surface area contributed by atoms with E-state index in [0.29, 0.717) is 0 Å². The molecule has 4 nitrogen and oxygen atoms in total. The van der Waals surface area contributed by atoms with E-state index < -0.39 is 0 Å². The van der Waals surface area contributed by atoms with Crippen molar-refractivity contribution in [1.29, 1.82) is 0 Å². The summed E-state index contributed by atoms with van der Waals surface area (Å²) in [6.45, 7) is 8.49. The lowest BCUT2D eigenvalue weighted by molar-refractivity contribution is 0.148. The quantitative estimate of drug-likeness (QED) is 0.604. The van der Waals surface area contributed by atoms with Crippen molar-refractivity contribution in [3.63, 3.8) is 0 Å². The standard InChI is InChI=1S/C24H29ClN4/c1-18(26-9-8-21-16-27-24-7-6-22(25)15-23(21)24)20-5-3-4-19(14-20)17-29-12-10-28(2)11-13-29/h3-7,14-16,27H,8-13,17H2,1-2H3. The molecule has 0 radical (unpaired) electrons. The predicted octanol–water partition coefficient (Wildman–Crippen LogP) is 4.62. The third-order valence-electron chi connectivity index (χ3n) is 5.81. The van der Waals surface area contributed by atoms with E-state index in [1.54, 1.807) is 0 Å². The Morgan fingerprint density at radius 1 is 1.10 bits per heavy atom. The van der Waals surface area contributed by atoms with Gasteiger partial charge < -0.3 is 9.88 Å². The zero-order valence-electron chi connectivity index (χ0n) is 17.3. The number of halogens is 1. The minimum absolute atomic E-state index is 0.772. The molecule has 1 saturated heterocycles. The maximum absolute atomic E-state index is 6.16. The molecule has 1 aromatic heterocycles. The van der Waals surface area contributed by atoms with Gasteiger partial charge in [0.15, 0.2) is 0 Å². The molecular weight excluding hydrogens is 380 g/mol. The maximum atomic E-state index is 6.16. The number of piperazine rings is 1. The lowest BCUT2D eigenvalue weighted by Gasteiger charge is -2.32. The van der Waals surface area contributed by atoms with Gasteiger partial charge in [0.25, 0.3) is 0 Å². The molecule has 152 valence electrons. The van der Waals surface area contributed by atoms with Gasteiger partial charge in [0, 0.05) is 67.1 Å². The molecule has 1 aliphatic heterocycles. The molecule has 3 aromatic rings. The normalized spacial score (nSPS) is 16.6. The number of benzene rings is 2. The Hall–Kier alpha value is -2.14. The number of hydrogen-bond donors (Lipinski definition) is 1. The molecule has 0 bridgehead atoms. The molecule has 5 heteroatoms. The number of aliphatic imine (C=N–C) groups is 1. The number of fused-ring (bicyclic) bond motifs is 1. The second kappa shape index (κ2) is 9.12. The van der Waals surface area contributed by atoms with Gasteiger partial charge in [-0.05, 0) is 61.3 Å². The van der Waals surface area contributed by atoms with Gasteiger partial charge in [0.2, 0.25) is 0 Å². The molecule has 29 heavy (non-hydrogen) atoms. The third-order valence-corrected chi connectivity index (χ3v) is 6.04. The first-order valence-corrected chi connectivity index (χ1v) is 10.7.